The first-order valence-corrected chi connectivity index (χ1v) is 27.5. The standard InChI is InChI=1S/C58H81N9O13/c1-37(2)52(63-48(69)16-9-8-10-28-67-49(70)25-26-50(67)71)55(74)62-46(15-12-27-60-56(59)75)54(73)61-43-21-19-41(20-22-43)36-78-57(76)65-29-31-66(32-30-65)58(77)79-47-24-18-39(4)53(80-51(72)35-45(68)23-17-38(47)3)40(5)33-42-13-11-14-44(34-42)64(6)7/h11,13-14,18-22,24-26,33-34,37-39,45-47,52-53,68H,8-10,12,15-17,23,27-32,35-36H2,1-7H3,(H,61,73)(H,62,74)(H,63,69)(H3,59,60,75)/b24-18+,40-33+/t38-,39-,45+,46-,47-,52-,53-/m0/s1. The topological polar surface area (TPSA) is 289 Å². The number of hydrogen-bond acceptors (Lipinski definition) is 14. The number of ether oxygens (including phenoxy) is 3. The van der Waals surface area contributed by atoms with Gasteiger partial charge >= 0.3 is 24.2 Å². The third-order valence-electron chi connectivity index (χ3n) is 14.2. The molecule has 3 heterocycles. The van der Waals surface area contributed by atoms with Crippen molar-refractivity contribution < 1.29 is 62.5 Å². The van der Waals surface area contributed by atoms with Gasteiger partial charge in [0, 0.05) is 89.2 Å². The van der Waals surface area contributed by atoms with E-state index in [1.807, 2.05) is 82.3 Å². The van der Waals surface area contributed by atoms with Gasteiger partial charge in [0.1, 0.15) is 30.9 Å². The number of hydrogen-bond donors (Lipinski definition) is 6. The fraction of sp³-hybridized carbons (Fsp3) is 0.534. The number of cyclic esters (lactones) is 1. The van der Waals surface area contributed by atoms with E-state index in [0.29, 0.717) is 43.4 Å². The molecular weight excluding hydrogens is 1030 g/mol. The zero-order valence-corrected chi connectivity index (χ0v) is 47.2. The van der Waals surface area contributed by atoms with Gasteiger partial charge in [-0.2, -0.15) is 0 Å². The number of piperazine rings is 1. The largest absolute Gasteiger partial charge is 0.457 e. The third kappa shape index (κ3) is 20.2. The zero-order valence-electron chi connectivity index (χ0n) is 47.2. The van der Waals surface area contributed by atoms with Gasteiger partial charge < -0.3 is 61.0 Å². The smallest absolute Gasteiger partial charge is 0.410 e. The van der Waals surface area contributed by atoms with Crippen molar-refractivity contribution in [2.75, 3.05) is 63.6 Å². The van der Waals surface area contributed by atoms with Crippen molar-refractivity contribution in [3.8, 4) is 0 Å². The molecule has 22 heteroatoms. The monoisotopic (exact) mass is 1110 g/mol. The maximum absolute atomic E-state index is 13.7. The van der Waals surface area contributed by atoms with Gasteiger partial charge in [0.25, 0.3) is 11.8 Å². The fourth-order valence-corrected chi connectivity index (χ4v) is 9.31. The molecule has 80 heavy (non-hydrogen) atoms. The highest BCUT2D eigenvalue weighted by atomic mass is 16.6. The van der Waals surface area contributed by atoms with Crippen LogP contribution in [0.25, 0.3) is 6.08 Å². The molecule has 3 aliphatic heterocycles. The van der Waals surface area contributed by atoms with E-state index in [1.165, 1.54) is 22.0 Å². The summed E-state index contributed by atoms with van der Waals surface area (Å²) in [6, 6.07) is 11.8. The quantitative estimate of drug-likeness (QED) is 0.0283. The highest BCUT2D eigenvalue weighted by Crippen LogP contribution is 2.27. The van der Waals surface area contributed by atoms with E-state index >= 15 is 0 Å². The number of amides is 9. The Labute approximate surface area is 468 Å². The van der Waals surface area contributed by atoms with Crippen LogP contribution in [-0.2, 0) is 49.6 Å². The van der Waals surface area contributed by atoms with Crippen LogP contribution < -0.4 is 31.9 Å². The maximum atomic E-state index is 13.7. The highest BCUT2D eigenvalue weighted by Gasteiger charge is 2.32. The molecule has 3 aliphatic rings. The molecule has 7 N–H and O–H groups in total. The molecule has 0 spiro atoms. The van der Waals surface area contributed by atoms with Crippen LogP contribution in [0, 0.1) is 17.8 Å². The summed E-state index contributed by atoms with van der Waals surface area (Å²) in [5.41, 5.74) is 9.00. The molecule has 1 saturated heterocycles. The van der Waals surface area contributed by atoms with Crippen LogP contribution in [0.4, 0.5) is 25.8 Å². The zero-order chi connectivity index (χ0) is 58.5. The molecule has 0 saturated carbocycles. The predicted octanol–water partition coefficient (Wildman–Crippen LogP) is 5.40. The van der Waals surface area contributed by atoms with Crippen molar-refractivity contribution >= 4 is 71.2 Å². The molecule has 436 valence electrons. The Hall–Kier alpha value is -7.75. The first-order valence-electron chi connectivity index (χ1n) is 27.5. The molecule has 0 aromatic heterocycles. The van der Waals surface area contributed by atoms with Crippen molar-refractivity contribution in [3.63, 3.8) is 0 Å². The lowest BCUT2D eigenvalue weighted by Crippen LogP contribution is -2.54. The van der Waals surface area contributed by atoms with Crippen LogP contribution in [0.1, 0.15) is 104 Å². The summed E-state index contributed by atoms with van der Waals surface area (Å²) < 4.78 is 17.7. The normalized spacial score (nSPS) is 21.1. The minimum absolute atomic E-state index is 0.0838. The number of nitrogens with one attached hydrogen (secondary N) is 4. The van der Waals surface area contributed by atoms with E-state index in [1.54, 1.807) is 38.1 Å². The molecular formula is C58H81N9O13. The number of carbonyl (C=O) groups excluding carboxylic acids is 9. The minimum Gasteiger partial charge on any atom is -0.457 e. The van der Waals surface area contributed by atoms with Gasteiger partial charge in [0.2, 0.25) is 17.7 Å². The Morgan fingerprint density at radius 2 is 1.52 bits per heavy atom. The Morgan fingerprint density at radius 3 is 2.17 bits per heavy atom. The number of carbonyl (C=O) groups is 9. The molecule has 2 aromatic carbocycles. The molecule has 5 rings (SSSR count). The van der Waals surface area contributed by atoms with Crippen LogP contribution in [0.5, 0.6) is 0 Å². The lowest BCUT2D eigenvalue weighted by molar-refractivity contribution is -0.151. The summed E-state index contributed by atoms with van der Waals surface area (Å²) in [7, 11) is 3.92. The van der Waals surface area contributed by atoms with Crippen LogP contribution in [0.15, 0.2) is 78.4 Å². The summed E-state index contributed by atoms with van der Waals surface area (Å²) in [5, 5.41) is 21.6. The minimum atomic E-state index is -1.07. The Bertz CT molecular complexity index is 2560. The van der Waals surface area contributed by atoms with Gasteiger partial charge in [-0.05, 0) is 104 Å². The number of rotatable bonds is 22. The highest BCUT2D eigenvalue weighted by molar-refractivity contribution is 6.12. The van der Waals surface area contributed by atoms with E-state index in [2.05, 4.69) is 21.3 Å². The molecule has 1 fully saturated rings. The van der Waals surface area contributed by atoms with Crippen LogP contribution in [-0.4, -0.2) is 157 Å². The van der Waals surface area contributed by atoms with Crippen molar-refractivity contribution in [3.05, 3.63) is 89.5 Å². The van der Waals surface area contributed by atoms with Crippen molar-refractivity contribution in [2.24, 2.45) is 23.5 Å². The predicted molar refractivity (Wildman–Crippen MR) is 300 cm³/mol. The summed E-state index contributed by atoms with van der Waals surface area (Å²) in [5.74, 6) is -3.56. The Kier molecular flexibility index (Phi) is 24.6. The molecule has 0 aliphatic carbocycles. The second-order valence-electron chi connectivity index (χ2n) is 21.3. The number of nitrogens with zero attached hydrogens (tertiary/aromatic N) is 4. The number of aliphatic hydroxyl groups excluding tert-OH is 1. The van der Waals surface area contributed by atoms with E-state index in [-0.39, 0.29) is 107 Å². The number of benzene rings is 2. The van der Waals surface area contributed by atoms with Crippen LogP contribution in [0.3, 0.4) is 0 Å². The molecule has 0 bridgehead atoms. The van der Waals surface area contributed by atoms with E-state index in [9.17, 15) is 48.3 Å². The van der Waals surface area contributed by atoms with Crippen molar-refractivity contribution in [2.45, 2.75) is 129 Å². The molecule has 2 aromatic rings. The number of urea groups is 1. The lowest BCUT2D eigenvalue weighted by atomic mass is 9.91. The summed E-state index contributed by atoms with van der Waals surface area (Å²) in [6.07, 6.45) is 7.49. The number of esters is 1. The van der Waals surface area contributed by atoms with Gasteiger partial charge in [-0.1, -0.05) is 70.5 Å². The molecule has 0 unspecified atom stereocenters. The van der Waals surface area contributed by atoms with Crippen molar-refractivity contribution in [1.82, 2.24) is 30.7 Å². The Balaban J connectivity index is 1.10. The number of primary amides is 1. The summed E-state index contributed by atoms with van der Waals surface area (Å²) >= 11 is 0. The molecule has 9 amide bonds. The third-order valence-corrected chi connectivity index (χ3v) is 14.2. The lowest BCUT2D eigenvalue weighted by Gasteiger charge is -2.35. The number of imide groups is 1. The SMILES string of the molecule is C/C(=C\c1cccc(N(C)C)c1)[C@H]1OC(=O)C[C@H](O)CC[C@H](C)[C@@H](OC(=O)N2CCN(C(=O)OCc3ccc(NC(=O)[C@H](CCCNC(N)=O)NC(=O)[C@@H](NC(=O)CCCCCN4C(=O)C=CC4=O)C(C)C)cc3)CC2)/C=C/[C@@H]1C. The summed E-state index contributed by atoms with van der Waals surface area (Å²) in [6.45, 7) is 10.4. The van der Waals surface area contributed by atoms with Crippen molar-refractivity contribution in [1.29, 1.82) is 0 Å². The van der Waals surface area contributed by atoms with Gasteiger partial charge in [-0.3, -0.25) is 33.7 Å². The number of anilines is 2. The Morgan fingerprint density at radius 1 is 0.850 bits per heavy atom. The summed E-state index contributed by atoms with van der Waals surface area (Å²) in [4.78, 5) is 121. The van der Waals surface area contributed by atoms with Gasteiger partial charge in [-0.15, -0.1) is 0 Å². The van der Waals surface area contributed by atoms with Gasteiger partial charge in [0.15, 0.2) is 0 Å². The molecule has 0 radical (unpaired) electrons. The number of aliphatic hydroxyl groups is 1. The number of unbranched alkanes of at least 4 members (excludes halogenated alkanes) is 2. The first-order chi connectivity index (χ1) is 38.1. The molecule has 7 atom stereocenters. The first kappa shape index (κ1) is 63.1. The van der Waals surface area contributed by atoms with Gasteiger partial charge in [0.05, 0.1) is 12.5 Å². The van der Waals surface area contributed by atoms with Crippen LogP contribution in [0.2, 0.25) is 0 Å². The average Bonchev–Trinajstić information content (AvgIpc) is 3.76. The second-order valence-corrected chi connectivity index (χ2v) is 21.3. The van der Waals surface area contributed by atoms with E-state index in [0.717, 1.165) is 21.7 Å². The van der Waals surface area contributed by atoms with E-state index in [4.69, 9.17) is 19.9 Å². The fourth-order valence-electron chi connectivity index (χ4n) is 9.31. The maximum Gasteiger partial charge on any atom is 0.410 e. The van der Waals surface area contributed by atoms with E-state index < -0.39 is 66.4 Å². The molecule has 22 nitrogen and oxygen atoms in total. The van der Waals surface area contributed by atoms with Crippen LogP contribution >= 0.6 is 0 Å². The second kappa shape index (κ2) is 31.1. The average molecular weight is 1110 g/mol. The number of nitrogens with two attached hydrogens (primary N) is 1. The van der Waals surface area contributed by atoms with Gasteiger partial charge in [-0.25, -0.2) is 14.4 Å².